The Morgan fingerprint density at radius 2 is 1.94 bits per heavy atom. The summed E-state index contributed by atoms with van der Waals surface area (Å²) in [5, 5.41) is 0. The van der Waals surface area contributed by atoms with Crippen LogP contribution in [-0.2, 0) is 11.4 Å². The Bertz CT molecular complexity index is 438. The van der Waals surface area contributed by atoms with Crippen LogP contribution in [0.4, 0.5) is 0 Å². The predicted molar refractivity (Wildman–Crippen MR) is 79.0 cm³/mol. The largest absolute Gasteiger partial charge is 0.591 e. The van der Waals surface area contributed by atoms with Gasteiger partial charge in [0.15, 0.2) is 0 Å². The van der Waals surface area contributed by atoms with Crippen LogP contribution in [0, 0.1) is 6.92 Å². The van der Waals surface area contributed by atoms with E-state index in [-0.39, 0.29) is 4.75 Å². The molecule has 0 saturated heterocycles. The van der Waals surface area contributed by atoms with Gasteiger partial charge in [0.1, 0.15) is 16.1 Å². The molecule has 0 saturated carbocycles. The van der Waals surface area contributed by atoms with Crippen molar-refractivity contribution in [3.05, 3.63) is 33.8 Å². The van der Waals surface area contributed by atoms with Crippen LogP contribution in [-0.4, -0.2) is 15.0 Å². The summed E-state index contributed by atoms with van der Waals surface area (Å²) in [6.07, 6.45) is 0. The molecule has 2 nitrogen and oxygen atoms in total. The Morgan fingerprint density at radius 3 is 2.47 bits per heavy atom. The fourth-order valence-electron chi connectivity index (χ4n) is 1.31. The molecule has 1 atom stereocenters. The molecule has 0 heterocycles. The molecule has 4 heteroatoms. The van der Waals surface area contributed by atoms with Gasteiger partial charge in [-0.1, -0.05) is 32.5 Å². The van der Waals surface area contributed by atoms with Gasteiger partial charge >= 0.3 is 0 Å². The minimum Gasteiger partial charge on any atom is -0.591 e. The number of hydrogen-bond acceptors (Lipinski definition) is 2. The molecule has 0 aliphatic carbocycles. The first-order valence-corrected chi connectivity index (χ1v) is 7.36. The quantitative estimate of drug-likeness (QED) is 0.599. The van der Waals surface area contributed by atoms with Gasteiger partial charge in [0.2, 0.25) is 0 Å². The molecule has 0 aromatic heterocycles. The topological polar surface area (TPSA) is 35.4 Å². The average molecular weight is 316 g/mol. The first kappa shape index (κ1) is 14.7. The van der Waals surface area contributed by atoms with Gasteiger partial charge in [-0.25, -0.2) is 0 Å². The second kappa shape index (κ2) is 5.55. The van der Waals surface area contributed by atoms with Crippen LogP contribution < -0.4 is 0 Å². The lowest BCUT2D eigenvalue weighted by Crippen LogP contribution is -2.26. The summed E-state index contributed by atoms with van der Waals surface area (Å²) in [4.78, 5) is 0. The Hall–Kier alpha value is -0.320. The number of halogens is 1. The van der Waals surface area contributed by atoms with Gasteiger partial charge in [0, 0.05) is 10.0 Å². The van der Waals surface area contributed by atoms with E-state index in [1.54, 1.807) is 0 Å². The monoisotopic (exact) mass is 315 g/mol. The van der Waals surface area contributed by atoms with Crippen LogP contribution in [0.15, 0.2) is 27.1 Å². The van der Waals surface area contributed by atoms with Crippen LogP contribution in [0.2, 0.25) is 0 Å². The summed E-state index contributed by atoms with van der Waals surface area (Å²) < 4.78 is 17.0. The molecule has 94 valence electrons. The van der Waals surface area contributed by atoms with Gasteiger partial charge in [-0.05, 0) is 46.2 Å². The zero-order chi connectivity index (χ0) is 13.2. The van der Waals surface area contributed by atoms with Gasteiger partial charge in [-0.2, -0.15) is 0 Å². The molecule has 0 bridgehead atoms. The van der Waals surface area contributed by atoms with Crippen molar-refractivity contribution >= 4 is 33.0 Å². The molecular weight excluding hydrogens is 298 g/mol. The van der Waals surface area contributed by atoms with Crippen LogP contribution in [0.1, 0.15) is 38.8 Å². The summed E-state index contributed by atoms with van der Waals surface area (Å²) in [5.41, 5.74) is 2.98. The van der Waals surface area contributed by atoms with E-state index in [1.165, 1.54) is 0 Å². The zero-order valence-corrected chi connectivity index (χ0v) is 13.3. The van der Waals surface area contributed by atoms with E-state index in [9.17, 15) is 4.55 Å². The highest BCUT2D eigenvalue weighted by Gasteiger charge is 2.27. The fraction of sp³-hybridized carbons (Fsp3) is 0.462. The van der Waals surface area contributed by atoms with Crippen molar-refractivity contribution in [3.63, 3.8) is 0 Å². The van der Waals surface area contributed by atoms with E-state index in [0.717, 1.165) is 21.3 Å². The molecule has 0 aliphatic rings. The normalized spacial score (nSPS) is 14.9. The smallest absolute Gasteiger partial charge is 0.144 e. The number of hydrogen-bond donors (Lipinski definition) is 0. The van der Waals surface area contributed by atoms with Crippen LogP contribution in [0.5, 0.6) is 0 Å². The molecule has 1 unspecified atom stereocenters. The van der Waals surface area contributed by atoms with Crippen molar-refractivity contribution in [2.75, 3.05) is 0 Å². The maximum absolute atomic E-state index is 12.0. The molecule has 0 radical (unpaired) electrons. The first-order valence-electron chi connectivity index (χ1n) is 5.46. The van der Waals surface area contributed by atoms with Crippen LogP contribution >= 0.6 is 15.9 Å². The van der Waals surface area contributed by atoms with E-state index >= 15 is 0 Å². The molecule has 0 amide bonds. The van der Waals surface area contributed by atoms with Crippen molar-refractivity contribution in [2.45, 2.75) is 39.4 Å². The molecule has 0 spiro atoms. The second-order valence-corrected chi connectivity index (χ2v) is 7.71. The van der Waals surface area contributed by atoms with Gasteiger partial charge < -0.3 is 4.55 Å². The Labute approximate surface area is 115 Å². The Balaban J connectivity index is 3.09. The summed E-state index contributed by atoms with van der Waals surface area (Å²) in [7, 11) is 0. The minimum absolute atomic E-state index is 0.318. The summed E-state index contributed by atoms with van der Waals surface area (Å²) in [5.74, 6) is 0. The van der Waals surface area contributed by atoms with Gasteiger partial charge in [-0.15, -0.1) is 0 Å². The Kier molecular flexibility index (Phi) is 4.81. The molecule has 1 rings (SSSR count). The van der Waals surface area contributed by atoms with Gasteiger partial charge in [0.05, 0.1) is 5.71 Å². The number of benzene rings is 1. The maximum atomic E-state index is 12.0. The van der Waals surface area contributed by atoms with Crippen molar-refractivity contribution in [2.24, 2.45) is 4.40 Å². The highest BCUT2D eigenvalue weighted by molar-refractivity contribution is 9.10. The van der Waals surface area contributed by atoms with E-state index < -0.39 is 11.4 Å². The lowest BCUT2D eigenvalue weighted by molar-refractivity contribution is 0.561. The molecular formula is C13H18BrNOS. The highest BCUT2D eigenvalue weighted by Crippen LogP contribution is 2.22. The van der Waals surface area contributed by atoms with E-state index in [0.29, 0.717) is 0 Å². The molecule has 0 N–H and O–H groups in total. The van der Waals surface area contributed by atoms with Crippen molar-refractivity contribution in [3.8, 4) is 0 Å². The highest BCUT2D eigenvalue weighted by atomic mass is 79.9. The lowest BCUT2D eigenvalue weighted by Gasteiger charge is -2.19. The third kappa shape index (κ3) is 3.83. The summed E-state index contributed by atoms with van der Waals surface area (Å²) in [6, 6.07) is 5.96. The molecule has 1 aromatic carbocycles. The van der Waals surface area contributed by atoms with Gasteiger partial charge in [0.25, 0.3) is 0 Å². The Morgan fingerprint density at radius 1 is 1.35 bits per heavy atom. The summed E-state index contributed by atoms with van der Waals surface area (Å²) >= 11 is 2.28. The second-order valence-electron chi connectivity index (χ2n) is 4.95. The number of nitrogens with zero attached hydrogens (tertiary/aromatic N) is 1. The van der Waals surface area contributed by atoms with E-state index in [1.807, 2.05) is 52.8 Å². The van der Waals surface area contributed by atoms with Crippen molar-refractivity contribution in [1.29, 1.82) is 0 Å². The van der Waals surface area contributed by atoms with Gasteiger partial charge in [-0.3, -0.25) is 0 Å². The first-order chi connectivity index (χ1) is 7.73. The maximum Gasteiger partial charge on any atom is 0.144 e. The molecule has 0 aliphatic heterocycles. The SMILES string of the molecule is CC(=N[S+]([O-])C(C)(C)C)c1cccc(Br)c1C. The zero-order valence-electron chi connectivity index (χ0n) is 10.9. The number of rotatable bonds is 2. The fourth-order valence-corrected chi connectivity index (χ4v) is 2.30. The summed E-state index contributed by atoms with van der Waals surface area (Å²) in [6.45, 7) is 9.70. The van der Waals surface area contributed by atoms with Crippen LogP contribution in [0.25, 0.3) is 0 Å². The van der Waals surface area contributed by atoms with Crippen molar-refractivity contribution in [1.82, 2.24) is 0 Å². The van der Waals surface area contributed by atoms with E-state index in [2.05, 4.69) is 20.3 Å². The van der Waals surface area contributed by atoms with E-state index in [4.69, 9.17) is 0 Å². The lowest BCUT2D eigenvalue weighted by atomic mass is 10.1. The average Bonchev–Trinajstić information content (AvgIpc) is 2.20. The minimum atomic E-state index is -1.21. The third-order valence-corrected chi connectivity index (χ3v) is 4.75. The molecule has 0 fully saturated rings. The third-order valence-electron chi connectivity index (χ3n) is 2.40. The van der Waals surface area contributed by atoms with Crippen LogP contribution in [0.3, 0.4) is 0 Å². The van der Waals surface area contributed by atoms with Crippen molar-refractivity contribution < 1.29 is 4.55 Å². The molecule has 1 aromatic rings. The molecule has 17 heavy (non-hydrogen) atoms. The standard InChI is InChI=1S/C13H18BrNOS/c1-9-11(7-6-8-12(9)14)10(2)15-17(16)13(3,4)5/h6-8H,1-5H3. The predicted octanol–water partition coefficient (Wildman–Crippen LogP) is 4.03.